The maximum atomic E-state index is 11.9. The standard InChI is InChI=1S/C20H33N3O2/c1-16(2)9-7-5-6-8-14-21-20(25)22-18-12-10-17(11-13-18)15-19(24)23(3)4/h10-13,16H,5-9,14-15H2,1-4H3,(H2,21,22,25). The maximum absolute atomic E-state index is 11.9. The summed E-state index contributed by atoms with van der Waals surface area (Å²) in [7, 11) is 3.49. The molecule has 0 bridgehead atoms. The van der Waals surface area contributed by atoms with E-state index in [4.69, 9.17) is 0 Å². The highest BCUT2D eigenvalue weighted by Crippen LogP contribution is 2.11. The van der Waals surface area contributed by atoms with Crippen molar-refractivity contribution in [3.05, 3.63) is 29.8 Å². The first-order chi connectivity index (χ1) is 11.9. The van der Waals surface area contributed by atoms with Crippen LogP contribution in [0.25, 0.3) is 0 Å². The normalized spacial score (nSPS) is 10.6. The molecule has 0 atom stereocenters. The second-order valence-electron chi connectivity index (χ2n) is 7.14. The quantitative estimate of drug-likeness (QED) is 0.627. The molecule has 0 aromatic heterocycles. The summed E-state index contributed by atoms with van der Waals surface area (Å²) in [5, 5.41) is 5.70. The lowest BCUT2D eigenvalue weighted by Gasteiger charge is -2.11. The lowest BCUT2D eigenvalue weighted by atomic mass is 10.0. The van der Waals surface area contributed by atoms with Crippen LogP contribution in [0.4, 0.5) is 10.5 Å². The summed E-state index contributed by atoms with van der Waals surface area (Å²) in [6.07, 6.45) is 6.32. The molecule has 0 unspecified atom stereocenters. The first-order valence-corrected chi connectivity index (χ1v) is 9.22. The zero-order valence-corrected chi connectivity index (χ0v) is 16.1. The van der Waals surface area contributed by atoms with E-state index in [-0.39, 0.29) is 11.9 Å². The van der Waals surface area contributed by atoms with Crippen molar-refractivity contribution in [3.63, 3.8) is 0 Å². The van der Waals surface area contributed by atoms with Crippen LogP contribution in [-0.4, -0.2) is 37.5 Å². The molecule has 1 aromatic rings. The van der Waals surface area contributed by atoms with Crippen LogP contribution in [-0.2, 0) is 11.2 Å². The van der Waals surface area contributed by atoms with Crippen molar-refractivity contribution in [2.24, 2.45) is 5.92 Å². The predicted octanol–water partition coefficient (Wildman–Crippen LogP) is 4.05. The first-order valence-electron chi connectivity index (χ1n) is 9.22. The zero-order chi connectivity index (χ0) is 18.7. The third kappa shape index (κ3) is 9.75. The molecular weight excluding hydrogens is 314 g/mol. The number of anilines is 1. The number of amides is 3. The monoisotopic (exact) mass is 347 g/mol. The highest BCUT2D eigenvalue weighted by Gasteiger charge is 2.06. The van der Waals surface area contributed by atoms with Gasteiger partial charge in [0.2, 0.25) is 5.91 Å². The second-order valence-corrected chi connectivity index (χ2v) is 7.14. The Morgan fingerprint density at radius 1 is 1.00 bits per heavy atom. The molecule has 0 heterocycles. The fourth-order valence-corrected chi connectivity index (χ4v) is 2.45. The first kappa shape index (κ1) is 21.0. The number of carbonyl (C=O) groups is 2. The number of benzene rings is 1. The number of rotatable bonds is 10. The molecule has 0 spiro atoms. The number of nitrogens with zero attached hydrogens (tertiary/aromatic N) is 1. The van der Waals surface area contributed by atoms with E-state index >= 15 is 0 Å². The van der Waals surface area contributed by atoms with Gasteiger partial charge >= 0.3 is 6.03 Å². The minimum Gasteiger partial charge on any atom is -0.349 e. The number of urea groups is 1. The third-order valence-electron chi connectivity index (χ3n) is 4.06. The summed E-state index contributed by atoms with van der Waals surface area (Å²) in [5.74, 6) is 0.836. The number of hydrogen-bond acceptors (Lipinski definition) is 2. The van der Waals surface area contributed by atoms with Crippen LogP contribution in [0, 0.1) is 5.92 Å². The molecule has 0 aliphatic heterocycles. The lowest BCUT2D eigenvalue weighted by molar-refractivity contribution is -0.127. The van der Waals surface area contributed by atoms with Crippen LogP contribution in [0.3, 0.4) is 0 Å². The van der Waals surface area contributed by atoms with E-state index in [2.05, 4.69) is 24.5 Å². The van der Waals surface area contributed by atoms with Gasteiger partial charge < -0.3 is 15.5 Å². The van der Waals surface area contributed by atoms with E-state index in [9.17, 15) is 9.59 Å². The van der Waals surface area contributed by atoms with Gasteiger partial charge in [-0.1, -0.05) is 51.7 Å². The van der Waals surface area contributed by atoms with Crippen LogP contribution in [0.15, 0.2) is 24.3 Å². The van der Waals surface area contributed by atoms with E-state index in [1.54, 1.807) is 19.0 Å². The molecule has 1 rings (SSSR count). The Morgan fingerprint density at radius 3 is 2.24 bits per heavy atom. The van der Waals surface area contributed by atoms with Gasteiger partial charge in [0.15, 0.2) is 0 Å². The summed E-state index contributed by atoms with van der Waals surface area (Å²) in [5.41, 5.74) is 1.67. The van der Waals surface area contributed by atoms with Crippen molar-refractivity contribution in [2.45, 2.75) is 52.4 Å². The Labute approximate surface area is 152 Å². The van der Waals surface area contributed by atoms with E-state index in [0.717, 1.165) is 30.0 Å². The smallest absolute Gasteiger partial charge is 0.319 e. The Balaban J connectivity index is 2.21. The van der Waals surface area contributed by atoms with Gasteiger partial charge in [-0.2, -0.15) is 0 Å². The van der Waals surface area contributed by atoms with E-state index in [1.807, 2.05) is 24.3 Å². The fourth-order valence-electron chi connectivity index (χ4n) is 2.45. The number of unbranched alkanes of at least 4 members (excludes halogenated alkanes) is 3. The average molecular weight is 348 g/mol. The molecule has 0 aliphatic rings. The fraction of sp³-hybridized carbons (Fsp3) is 0.600. The number of nitrogens with one attached hydrogen (secondary N) is 2. The van der Waals surface area contributed by atoms with Crippen molar-refractivity contribution >= 4 is 17.6 Å². The Bertz CT molecular complexity index is 524. The third-order valence-corrected chi connectivity index (χ3v) is 4.06. The summed E-state index contributed by atoms with van der Waals surface area (Å²) >= 11 is 0. The summed E-state index contributed by atoms with van der Waals surface area (Å²) in [4.78, 5) is 25.1. The topological polar surface area (TPSA) is 61.4 Å². The molecule has 140 valence electrons. The van der Waals surface area contributed by atoms with Crippen molar-refractivity contribution in [1.29, 1.82) is 0 Å². The van der Waals surface area contributed by atoms with Crippen molar-refractivity contribution in [3.8, 4) is 0 Å². The second kappa shape index (κ2) is 11.5. The van der Waals surface area contributed by atoms with E-state index in [1.165, 1.54) is 19.3 Å². The minimum atomic E-state index is -0.181. The van der Waals surface area contributed by atoms with Crippen LogP contribution in [0.1, 0.15) is 51.5 Å². The van der Waals surface area contributed by atoms with Gasteiger partial charge in [-0.15, -0.1) is 0 Å². The number of carbonyl (C=O) groups excluding carboxylic acids is 2. The van der Waals surface area contributed by atoms with Gasteiger partial charge in [-0.3, -0.25) is 4.79 Å². The van der Waals surface area contributed by atoms with Gasteiger partial charge in [0.05, 0.1) is 6.42 Å². The molecular formula is C20H33N3O2. The van der Waals surface area contributed by atoms with Gasteiger partial charge in [-0.25, -0.2) is 4.79 Å². The molecule has 0 saturated carbocycles. The molecule has 0 fully saturated rings. The maximum Gasteiger partial charge on any atom is 0.319 e. The molecule has 5 heteroatoms. The molecule has 1 aromatic carbocycles. The van der Waals surface area contributed by atoms with Crippen molar-refractivity contribution in [2.75, 3.05) is 26.0 Å². The lowest BCUT2D eigenvalue weighted by Crippen LogP contribution is -2.29. The van der Waals surface area contributed by atoms with Crippen LogP contribution >= 0.6 is 0 Å². The molecule has 3 amide bonds. The number of likely N-dealkylation sites (N-methyl/N-ethyl adjacent to an activating group) is 1. The largest absolute Gasteiger partial charge is 0.349 e. The molecule has 25 heavy (non-hydrogen) atoms. The summed E-state index contributed by atoms with van der Waals surface area (Å²) < 4.78 is 0. The van der Waals surface area contributed by atoms with E-state index in [0.29, 0.717) is 13.0 Å². The minimum absolute atomic E-state index is 0.0619. The SMILES string of the molecule is CC(C)CCCCCCNC(=O)Nc1ccc(CC(=O)N(C)C)cc1. The zero-order valence-electron chi connectivity index (χ0n) is 16.1. The molecule has 2 N–H and O–H groups in total. The highest BCUT2D eigenvalue weighted by atomic mass is 16.2. The Hall–Kier alpha value is -2.04. The van der Waals surface area contributed by atoms with Gasteiger partial charge in [0.1, 0.15) is 0 Å². The van der Waals surface area contributed by atoms with Gasteiger partial charge in [0, 0.05) is 26.3 Å². The predicted molar refractivity (Wildman–Crippen MR) is 104 cm³/mol. The highest BCUT2D eigenvalue weighted by molar-refractivity contribution is 5.89. The molecule has 0 radical (unpaired) electrons. The Kier molecular flexibility index (Phi) is 9.66. The van der Waals surface area contributed by atoms with Crippen LogP contribution in [0.2, 0.25) is 0 Å². The summed E-state index contributed by atoms with van der Waals surface area (Å²) in [6, 6.07) is 7.20. The van der Waals surface area contributed by atoms with Gasteiger partial charge in [-0.05, 0) is 30.0 Å². The average Bonchev–Trinajstić information content (AvgIpc) is 2.55. The molecule has 5 nitrogen and oxygen atoms in total. The van der Waals surface area contributed by atoms with Crippen LogP contribution < -0.4 is 10.6 Å². The van der Waals surface area contributed by atoms with Crippen LogP contribution in [0.5, 0.6) is 0 Å². The summed E-state index contributed by atoms with van der Waals surface area (Å²) in [6.45, 7) is 5.19. The van der Waals surface area contributed by atoms with Gasteiger partial charge in [0.25, 0.3) is 0 Å². The van der Waals surface area contributed by atoms with Crippen molar-refractivity contribution in [1.82, 2.24) is 10.2 Å². The van der Waals surface area contributed by atoms with E-state index < -0.39 is 0 Å². The van der Waals surface area contributed by atoms with Crippen molar-refractivity contribution < 1.29 is 9.59 Å². The Morgan fingerprint density at radius 2 is 1.64 bits per heavy atom. The molecule has 0 saturated heterocycles. The number of hydrogen-bond donors (Lipinski definition) is 2. The molecule has 0 aliphatic carbocycles.